The first-order valence-corrected chi connectivity index (χ1v) is 12.0. The Labute approximate surface area is 189 Å². The van der Waals surface area contributed by atoms with Crippen molar-refractivity contribution in [3.05, 3.63) is 58.7 Å². The maximum absolute atomic E-state index is 12.9. The minimum Gasteiger partial charge on any atom is -0.307 e. The van der Waals surface area contributed by atoms with Gasteiger partial charge < -0.3 is 5.32 Å². The van der Waals surface area contributed by atoms with Crippen molar-refractivity contribution in [3.8, 4) is 0 Å². The van der Waals surface area contributed by atoms with E-state index in [0.29, 0.717) is 18.8 Å². The quantitative estimate of drug-likeness (QED) is 0.718. The fourth-order valence-corrected chi connectivity index (χ4v) is 5.07. The molecule has 0 unspecified atom stereocenters. The van der Waals surface area contributed by atoms with Crippen molar-refractivity contribution < 1.29 is 18.0 Å². The molecule has 0 aliphatic carbocycles. The van der Waals surface area contributed by atoms with E-state index in [1.54, 1.807) is 18.2 Å². The molecule has 2 aromatic rings. The second kappa shape index (κ2) is 9.81. The third kappa shape index (κ3) is 5.53. The SMILES string of the molecule is Cc1ccc(S(=O)(=O)N2CCN(CC(=O)NC(=O)Nc3cccc(C)c3C)CC2)cc1C. The maximum Gasteiger partial charge on any atom is 0.325 e. The molecule has 1 saturated heterocycles. The van der Waals surface area contributed by atoms with Crippen molar-refractivity contribution in [2.24, 2.45) is 0 Å². The van der Waals surface area contributed by atoms with Gasteiger partial charge in [0.05, 0.1) is 11.4 Å². The van der Waals surface area contributed by atoms with Gasteiger partial charge in [0.15, 0.2) is 0 Å². The lowest BCUT2D eigenvalue weighted by atomic mass is 10.1. The van der Waals surface area contributed by atoms with Crippen molar-refractivity contribution in [2.45, 2.75) is 32.6 Å². The normalized spacial score (nSPS) is 15.4. The van der Waals surface area contributed by atoms with Crippen molar-refractivity contribution >= 4 is 27.6 Å². The van der Waals surface area contributed by atoms with E-state index in [4.69, 9.17) is 0 Å². The number of imide groups is 1. The zero-order chi connectivity index (χ0) is 23.5. The van der Waals surface area contributed by atoms with Crippen LogP contribution in [0.4, 0.5) is 10.5 Å². The van der Waals surface area contributed by atoms with Gasteiger partial charge in [-0.05, 0) is 68.1 Å². The van der Waals surface area contributed by atoms with E-state index in [2.05, 4.69) is 10.6 Å². The van der Waals surface area contributed by atoms with Gasteiger partial charge in [0, 0.05) is 31.9 Å². The number of urea groups is 1. The standard InChI is InChI=1S/C23H30N4O4S/c1-16-8-9-20(14-18(16)3)32(30,31)27-12-10-26(11-13-27)15-22(28)25-23(29)24-21-7-5-6-17(2)19(21)4/h5-9,14H,10-13,15H2,1-4H3,(H2,24,25,28,29). The molecule has 2 N–H and O–H groups in total. The molecule has 1 fully saturated rings. The van der Waals surface area contributed by atoms with Crippen LogP contribution >= 0.6 is 0 Å². The van der Waals surface area contributed by atoms with Crippen LogP contribution in [0.25, 0.3) is 0 Å². The number of aryl methyl sites for hydroxylation is 3. The van der Waals surface area contributed by atoms with Gasteiger partial charge in [-0.2, -0.15) is 4.31 Å². The number of amides is 3. The number of carbonyl (C=O) groups is 2. The van der Waals surface area contributed by atoms with E-state index in [1.807, 2.05) is 50.8 Å². The molecule has 0 aromatic heterocycles. The second-order valence-electron chi connectivity index (χ2n) is 8.18. The van der Waals surface area contributed by atoms with E-state index >= 15 is 0 Å². The second-order valence-corrected chi connectivity index (χ2v) is 10.1. The summed E-state index contributed by atoms with van der Waals surface area (Å²) in [7, 11) is -3.57. The summed E-state index contributed by atoms with van der Waals surface area (Å²) in [6.45, 7) is 9.11. The van der Waals surface area contributed by atoms with E-state index in [0.717, 1.165) is 22.3 Å². The van der Waals surface area contributed by atoms with Gasteiger partial charge in [0.2, 0.25) is 15.9 Å². The number of anilines is 1. The Morgan fingerprint density at radius 3 is 2.25 bits per heavy atom. The molecule has 32 heavy (non-hydrogen) atoms. The molecule has 1 heterocycles. The highest BCUT2D eigenvalue weighted by molar-refractivity contribution is 7.89. The van der Waals surface area contributed by atoms with Gasteiger partial charge in [-0.3, -0.25) is 15.0 Å². The third-order valence-corrected chi connectivity index (χ3v) is 7.82. The summed E-state index contributed by atoms with van der Waals surface area (Å²) in [5.74, 6) is -0.432. The van der Waals surface area contributed by atoms with Crippen molar-refractivity contribution in [1.29, 1.82) is 0 Å². The Hall–Kier alpha value is -2.75. The smallest absolute Gasteiger partial charge is 0.307 e. The molecule has 0 saturated carbocycles. The molecule has 0 spiro atoms. The summed E-state index contributed by atoms with van der Waals surface area (Å²) in [5, 5.41) is 5.03. The Kier molecular flexibility index (Phi) is 7.33. The summed E-state index contributed by atoms with van der Waals surface area (Å²) >= 11 is 0. The third-order valence-electron chi connectivity index (χ3n) is 5.92. The minimum atomic E-state index is -3.57. The molecule has 8 nitrogen and oxygen atoms in total. The molecule has 3 amide bonds. The zero-order valence-corrected chi connectivity index (χ0v) is 19.8. The molecule has 2 aromatic carbocycles. The highest BCUT2D eigenvalue weighted by Gasteiger charge is 2.29. The van der Waals surface area contributed by atoms with Gasteiger partial charge in [-0.1, -0.05) is 18.2 Å². The first kappa shape index (κ1) is 23.9. The summed E-state index contributed by atoms with van der Waals surface area (Å²) in [4.78, 5) is 26.6. The molecule has 172 valence electrons. The molecule has 1 aliphatic heterocycles. The highest BCUT2D eigenvalue weighted by Crippen LogP contribution is 2.20. The number of nitrogens with one attached hydrogen (secondary N) is 2. The molecule has 0 atom stereocenters. The minimum absolute atomic E-state index is 0.0255. The van der Waals surface area contributed by atoms with Crippen LogP contribution in [0.3, 0.4) is 0 Å². The zero-order valence-electron chi connectivity index (χ0n) is 18.9. The Balaban J connectivity index is 1.51. The first-order valence-electron chi connectivity index (χ1n) is 10.5. The molecular weight excluding hydrogens is 428 g/mol. The predicted molar refractivity (Wildman–Crippen MR) is 124 cm³/mol. The fraction of sp³-hybridized carbons (Fsp3) is 0.391. The molecule has 0 bridgehead atoms. The summed E-state index contributed by atoms with van der Waals surface area (Å²) in [5.41, 5.74) is 4.61. The summed E-state index contributed by atoms with van der Waals surface area (Å²) in [6.07, 6.45) is 0. The fourth-order valence-electron chi connectivity index (χ4n) is 3.56. The lowest BCUT2D eigenvalue weighted by Crippen LogP contribution is -2.51. The average Bonchev–Trinajstić information content (AvgIpc) is 2.73. The number of nitrogens with zero attached hydrogens (tertiary/aromatic N) is 2. The number of sulfonamides is 1. The molecule has 1 aliphatic rings. The monoisotopic (exact) mass is 458 g/mol. The lowest BCUT2D eigenvalue weighted by molar-refractivity contribution is -0.121. The Morgan fingerprint density at radius 2 is 1.59 bits per heavy atom. The Morgan fingerprint density at radius 1 is 0.906 bits per heavy atom. The molecule has 0 radical (unpaired) electrons. The van der Waals surface area contributed by atoms with Gasteiger partial charge in [-0.25, -0.2) is 13.2 Å². The van der Waals surface area contributed by atoms with Gasteiger partial charge in [0.25, 0.3) is 0 Å². The number of rotatable bonds is 5. The van der Waals surface area contributed by atoms with Gasteiger partial charge in [0.1, 0.15) is 0 Å². The van der Waals surface area contributed by atoms with Gasteiger partial charge >= 0.3 is 6.03 Å². The number of hydrogen-bond acceptors (Lipinski definition) is 5. The Bertz CT molecular complexity index is 1120. The van der Waals surface area contributed by atoms with Gasteiger partial charge in [-0.15, -0.1) is 0 Å². The number of carbonyl (C=O) groups excluding carboxylic acids is 2. The van der Waals surface area contributed by atoms with Crippen LogP contribution in [0, 0.1) is 27.7 Å². The predicted octanol–water partition coefficient (Wildman–Crippen LogP) is 2.57. The number of benzene rings is 2. The average molecular weight is 459 g/mol. The van der Waals surface area contributed by atoms with E-state index in [9.17, 15) is 18.0 Å². The molecular formula is C23H30N4O4S. The first-order chi connectivity index (χ1) is 15.1. The van der Waals surface area contributed by atoms with Crippen LogP contribution in [-0.2, 0) is 14.8 Å². The molecule has 9 heteroatoms. The van der Waals surface area contributed by atoms with Crippen molar-refractivity contribution in [1.82, 2.24) is 14.5 Å². The van der Waals surface area contributed by atoms with E-state index in [1.165, 1.54) is 4.31 Å². The topological polar surface area (TPSA) is 98.8 Å². The summed E-state index contributed by atoms with van der Waals surface area (Å²) < 4.78 is 27.3. The molecule has 3 rings (SSSR count). The van der Waals surface area contributed by atoms with E-state index < -0.39 is 22.0 Å². The van der Waals surface area contributed by atoms with Crippen LogP contribution in [0.1, 0.15) is 22.3 Å². The van der Waals surface area contributed by atoms with Crippen LogP contribution in [-0.4, -0.2) is 62.3 Å². The number of hydrogen-bond donors (Lipinski definition) is 2. The lowest BCUT2D eigenvalue weighted by Gasteiger charge is -2.33. The van der Waals surface area contributed by atoms with Crippen LogP contribution in [0.5, 0.6) is 0 Å². The van der Waals surface area contributed by atoms with Crippen LogP contribution in [0.2, 0.25) is 0 Å². The van der Waals surface area contributed by atoms with E-state index in [-0.39, 0.29) is 24.5 Å². The van der Waals surface area contributed by atoms with Crippen molar-refractivity contribution in [2.75, 3.05) is 38.0 Å². The van der Waals surface area contributed by atoms with Crippen LogP contribution in [0.15, 0.2) is 41.3 Å². The highest BCUT2D eigenvalue weighted by atomic mass is 32.2. The van der Waals surface area contributed by atoms with Crippen LogP contribution < -0.4 is 10.6 Å². The maximum atomic E-state index is 12.9. The summed E-state index contributed by atoms with van der Waals surface area (Å²) in [6, 6.07) is 10.1. The number of piperazine rings is 1. The largest absolute Gasteiger partial charge is 0.325 e. The van der Waals surface area contributed by atoms with Crippen molar-refractivity contribution in [3.63, 3.8) is 0 Å².